The van der Waals surface area contributed by atoms with Crippen LogP contribution in [0.5, 0.6) is 5.75 Å². The molecule has 2 heterocycles. The lowest BCUT2D eigenvalue weighted by atomic mass is 9.96. The second kappa shape index (κ2) is 6.51. The largest absolute Gasteiger partial charge is 0.484 e. The molecule has 1 aromatic heterocycles. The molecule has 0 radical (unpaired) electrons. The predicted octanol–water partition coefficient (Wildman–Crippen LogP) is 5.25. The molecule has 2 aromatic rings. The average molecular weight is 366 g/mol. The molecular formula is C17H20BrNOS. The zero-order chi connectivity index (χ0) is 14.8. The number of aryl methyl sites for hydroxylation is 1. The standard InChI is InChI=1S/C17H20BrNOS/c1-3-12-6-8-17(21-12)16-10-14(19-4-2)13-7-5-11(18)9-15(13)20-16/h5-9,14,16,19H,3-4,10H2,1-2H3. The molecule has 0 aliphatic carbocycles. The van der Waals surface area contributed by atoms with Crippen molar-refractivity contribution in [2.45, 2.75) is 38.8 Å². The summed E-state index contributed by atoms with van der Waals surface area (Å²) in [6.45, 7) is 5.33. The maximum atomic E-state index is 6.27. The van der Waals surface area contributed by atoms with E-state index < -0.39 is 0 Å². The smallest absolute Gasteiger partial charge is 0.135 e. The van der Waals surface area contributed by atoms with E-state index in [-0.39, 0.29) is 6.10 Å². The van der Waals surface area contributed by atoms with Gasteiger partial charge in [-0.15, -0.1) is 11.3 Å². The fraction of sp³-hybridized carbons (Fsp3) is 0.412. The number of nitrogens with one attached hydrogen (secondary N) is 1. The summed E-state index contributed by atoms with van der Waals surface area (Å²) in [5.74, 6) is 0.998. The van der Waals surface area contributed by atoms with Crippen molar-refractivity contribution in [1.82, 2.24) is 5.32 Å². The first kappa shape index (κ1) is 15.1. The zero-order valence-electron chi connectivity index (χ0n) is 12.4. The molecule has 112 valence electrons. The number of halogens is 1. The number of ether oxygens (including phenoxy) is 1. The van der Waals surface area contributed by atoms with Gasteiger partial charge in [0.2, 0.25) is 0 Å². The minimum absolute atomic E-state index is 0.154. The van der Waals surface area contributed by atoms with Gasteiger partial charge in [0.25, 0.3) is 0 Å². The summed E-state index contributed by atoms with van der Waals surface area (Å²) in [4.78, 5) is 2.76. The van der Waals surface area contributed by atoms with E-state index in [1.807, 2.05) is 11.3 Å². The highest BCUT2D eigenvalue weighted by Gasteiger charge is 2.29. The Bertz CT molecular complexity index is 625. The van der Waals surface area contributed by atoms with Crippen LogP contribution >= 0.6 is 27.3 Å². The number of thiophene rings is 1. The molecule has 4 heteroatoms. The fourth-order valence-corrected chi connectivity index (χ4v) is 4.15. The lowest BCUT2D eigenvalue weighted by Crippen LogP contribution is -2.28. The van der Waals surface area contributed by atoms with Crippen LogP contribution in [0, 0.1) is 0 Å². The Balaban J connectivity index is 1.92. The van der Waals surface area contributed by atoms with Gasteiger partial charge in [-0.25, -0.2) is 0 Å². The van der Waals surface area contributed by atoms with Crippen LogP contribution in [0.1, 0.15) is 47.7 Å². The highest BCUT2D eigenvalue weighted by molar-refractivity contribution is 9.10. The van der Waals surface area contributed by atoms with Crippen molar-refractivity contribution in [2.24, 2.45) is 0 Å². The van der Waals surface area contributed by atoms with Gasteiger partial charge in [-0.05, 0) is 37.2 Å². The Morgan fingerprint density at radius 2 is 2.14 bits per heavy atom. The van der Waals surface area contributed by atoms with Gasteiger partial charge in [0.15, 0.2) is 0 Å². The van der Waals surface area contributed by atoms with E-state index in [4.69, 9.17) is 4.74 Å². The molecule has 0 saturated carbocycles. The van der Waals surface area contributed by atoms with Crippen molar-refractivity contribution in [3.05, 3.63) is 50.1 Å². The first-order valence-electron chi connectivity index (χ1n) is 7.49. The summed E-state index contributed by atoms with van der Waals surface area (Å²) in [6, 6.07) is 11.1. The number of hydrogen-bond donors (Lipinski definition) is 1. The molecule has 1 N–H and O–H groups in total. The molecule has 2 atom stereocenters. The first-order chi connectivity index (χ1) is 10.2. The van der Waals surface area contributed by atoms with E-state index in [1.165, 1.54) is 15.3 Å². The van der Waals surface area contributed by atoms with Crippen LogP contribution in [0.25, 0.3) is 0 Å². The number of hydrogen-bond acceptors (Lipinski definition) is 3. The van der Waals surface area contributed by atoms with Gasteiger partial charge in [0.05, 0.1) is 0 Å². The van der Waals surface area contributed by atoms with Crippen molar-refractivity contribution in [3.63, 3.8) is 0 Å². The number of rotatable bonds is 4. The summed E-state index contributed by atoms with van der Waals surface area (Å²) in [7, 11) is 0. The van der Waals surface area contributed by atoms with Gasteiger partial charge in [0.1, 0.15) is 11.9 Å². The third kappa shape index (κ3) is 3.17. The Labute approximate surface area is 138 Å². The number of benzene rings is 1. The average Bonchev–Trinajstić information content (AvgIpc) is 2.96. The highest BCUT2D eigenvalue weighted by Crippen LogP contribution is 2.43. The normalized spacial score (nSPS) is 20.9. The van der Waals surface area contributed by atoms with Crippen LogP contribution < -0.4 is 10.1 Å². The highest BCUT2D eigenvalue weighted by atomic mass is 79.9. The molecule has 21 heavy (non-hydrogen) atoms. The summed E-state index contributed by atoms with van der Waals surface area (Å²) in [5.41, 5.74) is 1.27. The summed E-state index contributed by atoms with van der Waals surface area (Å²) >= 11 is 5.42. The minimum Gasteiger partial charge on any atom is -0.484 e. The van der Waals surface area contributed by atoms with Crippen LogP contribution in [-0.2, 0) is 6.42 Å². The monoisotopic (exact) mass is 365 g/mol. The fourth-order valence-electron chi connectivity index (χ4n) is 2.81. The van der Waals surface area contributed by atoms with Crippen molar-refractivity contribution < 1.29 is 4.74 Å². The quantitative estimate of drug-likeness (QED) is 0.798. The van der Waals surface area contributed by atoms with Crippen LogP contribution in [-0.4, -0.2) is 6.54 Å². The molecule has 1 aromatic carbocycles. The third-order valence-corrected chi connectivity index (χ3v) is 5.68. The van der Waals surface area contributed by atoms with Crippen LogP contribution in [0.15, 0.2) is 34.8 Å². The molecule has 2 unspecified atom stereocenters. The van der Waals surface area contributed by atoms with Crippen molar-refractivity contribution >= 4 is 27.3 Å². The lowest BCUT2D eigenvalue weighted by molar-refractivity contribution is 0.155. The van der Waals surface area contributed by atoms with E-state index in [1.54, 1.807) is 0 Å². The molecule has 1 aliphatic rings. The Morgan fingerprint density at radius 3 is 2.86 bits per heavy atom. The molecule has 0 spiro atoms. The van der Waals surface area contributed by atoms with E-state index >= 15 is 0 Å². The maximum absolute atomic E-state index is 6.27. The summed E-state index contributed by atoms with van der Waals surface area (Å²) < 4.78 is 7.34. The molecule has 1 aliphatic heterocycles. The van der Waals surface area contributed by atoms with Gasteiger partial charge >= 0.3 is 0 Å². The number of fused-ring (bicyclic) bond motifs is 1. The molecule has 0 saturated heterocycles. The minimum atomic E-state index is 0.154. The van der Waals surface area contributed by atoms with Crippen molar-refractivity contribution in [2.75, 3.05) is 6.54 Å². The van der Waals surface area contributed by atoms with Gasteiger partial charge < -0.3 is 10.1 Å². The summed E-state index contributed by atoms with van der Waals surface area (Å²) in [6.07, 6.45) is 2.24. The van der Waals surface area contributed by atoms with E-state index in [0.29, 0.717) is 6.04 Å². The van der Waals surface area contributed by atoms with E-state index in [2.05, 4.69) is 65.4 Å². The van der Waals surface area contributed by atoms with Crippen molar-refractivity contribution in [1.29, 1.82) is 0 Å². The zero-order valence-corrected chi connectivity index (χ0v) is 14.8. The van der Waals surface area contributed by atoms with Gasteiger partial charge in [0, 0.05) is 32.3 Å². The van der Waals surface area contributed by atoms with E-state index in [0.717, 1.165) is 29.6 Å². The predicted molar refractivity (Wildman–Crippen MR) is 92.2 cm³/mol. The SMILES string of the molecule is CCNC1CC(c2ccc(CC)s2)Oc2cc(Br)ccc21. The molecular weight excluding hydrogens is 346 g/mol. The Hall–Kier alpha value is -0.840. The molecule has 0 bridgehead atoms. The lowest BCUT2D eigenvalue weighted by Gasteiger charge is -2.32. The Morgan fingerprint density at radius 1 is 1.29 bits per heavy atom. The van der Waals surface area contributed by atoms with Crippen LogP contribution in [0.2, 0.25) is 0 Å². The van der Waals surface area contributed by atoms with Crippen LogP contribution in [0.3, 0.4) is 0 Å². The van der Waals surface area contributed by atoms with Crippen LogP contribution in [0.4, 0.5) is 0 Å². The summed E-state index contributed by atoms with van der Waals surface area (Å²) in [5, 5.41) is 3.59. The van der Waals surface area contributed by atoms with Gasteiger partial charge in [-0.2, -0.15) is 0 Å². The second-order valence-corrected chi connectivity index (χ2v) is 7.41. The molecule has 3 rings (SSSR count). The molecule has 0 amide bonds. The maximum Gasteiger partial charge on any atom is 0.135 e. The topological polar surface area (TPSA) is 21.3 Å². The Kier molecular flexibility index (Phi) is 4.67. The third-order valence-electron chi connectivity index (χ3n) is 3.87. The van der Waals surface area contributed by atoms with Gasteiger partial charge in [-0.3, -0.25) is 0 Å². The van der Waals surface area contributed by atoms with Gasteiger partial charge in [-0.1, -0.05) is 35.8 Å². The van der Waals surface area contributed by atoms with Crippen molar-refractivity contribution in [3.8, 4) is 5.75 Å². The molecule has 0 fully saturated rings. The molecule has 2 nitrogen and oxygen atoms in total. The second-order valence-electron chi connectivity index (χ2n) is 5.29. The first-order valence-corrected chi connectivity index (χ1v) is 9.10. The van der Waals surface area contributed by atoms with E-state index in [9.17, 15) is 0 Å².